The number of likely N-dealkylation sites (tertiary alicyclic amines) is 1. The minimum absolute atomic E-state index is 0.0209. The maximum Gasteiger partial charge on any atom is 0.309 e. The third kappa shape index (κ3) is 6.72. The molecular formula is C47H74N2O7. The number of carboxylic acid groups (broad SMARTS) is 1. The van der Waals surface area contributed by atoms with Gasteiger partial charge in [0.2, 0.25) is 5.91 Å². The number of Topliss-reactive ketones (excluding diaryl/α,β-unsaturated/α-hetero) is 1. The monoisotopic (exact) mass is 779 g/mol. The Morgan fingerprint density at radius 1 is 0.929 bits per heavy atom. The molecule has 2 N–H and O–H groups in total. The van der Waals surface area contributed by atoms with E-state index in [2.05, 4.69) is 53.4 Å². The smallest absolute Gasteiger partial charge is 0.309 e. The Kier molecular flexibility index (Phi) is 10.8. The number of fused-ring (bicyclic) bond motifs is 7. The summed E-state index contributed by atoms with van der Waals surface area (Å²) in [6.07, 6.45) is 11.3. The van der Waals surface area contributed by atoms with Crippen molar-refractivity contribution in [2.45, 2.75) is 164 Å². The van der Waals surface area contributed by atoms with Gasteiger partial charge in [0.05, 0.1) is 17.9 Å². The van der Waals surface area contributed by atoms with Crippen LogP contribution in [-0.2, 0) is 23.9 Å². The number of allylic oxidation sites excluding steroid dienone is 1. The lowest BCUT2D eigenvalue weighted by atomic mass is 9.33. The van der Waals surface area contributed by atoms with Crippen molar-refractivity contribution in [2.75, 3.05) is 32.7 Å². The van der Waals surface area contributed by atoms with Gasteiger partial charge in [0.25, 0.3) is 0 Å². The van der Waals surface area contributed by atoms with Crippen LogP contribution in [0.2, 0.25) is 0 Å². The molecule has 6 fully saturated rings. The molecule has 7 aliphatic rings. The number of hydrogen-bond acceptors (Lipinski definition) is 7. The molecule has 0 radical (unpaired) electrons. The van der Waals surface area contributed by atoms with Crippen molar-refractivity contribution in [2.24, 2.45) is 62.1 Å². The molecule has 7 rings (SSSR count). The van der Waals surface area contributed by atoms with Gasteiger partial charge in [-0.1, -0.05) is 54.0 Å². The molecule has 9 heteroatoms. The van der Waals surface area contributed by atoms with E-state index in [1.807, 2.05) is 4.90 Å². The number of aliphatic hydroxyl groups is 1. The van der Waals surface area contributed by atoms with Crippen LogP contribution in [0, 0.1) is 62.1 Å². The summed E-state index contributed by atoms with van der Waals surface area (Å²) >= 11 is 0. The molecule has 1 saturated heterocycles. The fourth-order valence-corrected chi connectivity index (χ4v) is 14.5. The third-order valence-corrected chi connectivity index (χ3v) is 18.0. The van der Waals surface area contributed by atoms with E-state index >= 15 is 0 Å². The second-order valence-corrected chi connectivity index (χ2v) is 22.3. The summed E-state index contributed by atoms with van der Waals surface area (Å²) in [5.41, 5.74) is 0.453. The fourth-order valence-electron chi connectivity index (χ4n) is 14.5. The highest BCUT2D eigenvalue weighted by atomic mass is 16.5. The van der Waals surface area contributed by atoms with Crippen LogP contribution in [0.4, 0.5) is 0 Å². The van der Waals surface area contributed by atoms with Crippen LogP contribution in [0.3, 0.4) is 0 Å². The van der Waals surface area contributed by atoms with E-state index in [0.717, 1.165) is 83.0 Å². The quantitative estimate of drug-likeness (QED) is 0.180. The van der Waals surface area contributed by atoms with Crippen molar-refractivity contribution in [1.82, 2.24) is 9.80 Å². The van der Waals surface area contributed by atoms with Gasteiger partial charge < -0.3 is 19.8 Å². The lowest BCUT2D eigenvalue weighted by molar-refractivity contribution is -0.235. The van der Waals surface area contributed by atoms with Gasteiger partial charge in [-0.15, -0.1) is 0 Å². The number of ketones is 1. The Morgan fingerprint density at radius 3 is 2.27 bits per heavy atom. The molecule has 9 atom stereocenters. The largest absolute Gasteiger partial charge is 0.481 e. The zero-order valence-electron chi connectivity index (χ0n) is 36.3. The Balaban J connectivity index is 1.14. The van der Waals surface area contributed by atoms with Crippen LogP contribution in [0.25, 0.3) is 0 Å². The highest BCUT2D eigenvalue weighted by Gasteiger charge is 2.71. The second kappa shape index (κ2) is 14.5. The average Bonchev–Trinajstić information content (AvgIpc) is 3.73. The normalized spacial score (nSPS) is 38.7. The van der Waals surface area contributed by atoms with Crippen LogP contribution in [0.5, 0.6) is 0 Å². The van der Waals surface area contributed by atoms with E-state index in [9.17, 15) is 29.4 Å². The minimum Gasteiger partial charge on any atom is -0.481 e. The van der Waals surface area contributed by atoms with Gasteiger partial charge in [-0.2, -0.15) is 0 Å². The zero-order chi connectivity index (χ0) is 40.8. The number of carbonyl (C=O) groups is 4. The van der Waals surface area contributed by atoms with Crippen molar-refractivity contribution in [3.63, 3.8) is 0 Å². The highest BCUT2D eigenvalue weighted by Crippen LogP contribution is 2.77. The van der Waals surface area contributed by atoms with Crippen LogP contribution in [0.15, 0.2) is 11.1 Å². The molecule has 5 saturated carbocycles. The van der Waals surface area contributed by atoms with E-state index in [-0.39, 0.29) is 57.7 Å². The van der Waals surface area contributed by atoms with Crippen LogP contribution in [0.1, 0.15) is 152 Å². The molecule has 0 bridgehead atoms. The van der Waals surface area contributed by atoms with Gasteiger partial charge in [0.15, 0.2) is 5.78 Å². The Morgan fingerprint density at radius 2 is 1.64 bits per heavy atom. The maximum absolute atomic E-state index is 14.3. The van der Waals surface area contributed by atoms with Gasteiger partial charge in [-0.05, 0) is 136 Å². The minimum atomic E-state index is -1.17. The summed E-state index contributed by atoms with van der Waals surface area (Å²) in [5, 5.41) is 22.3. The summed E-state index contributed by atoms with van der Waals surface area (Å²) in [5.74, 6) is 0.958. The molecule has 0 aromatic carbocycles. The highest BCUT2D eigenvalue weighted by molar-refractivity contribution is 6.00. The van der Waals surface area contributed by atoms with E-state index in [0.29, 0.717) is 43.7 Å². The fraction of sp³-hybridized carbons (Fsp3) is 0.872. The number of carboxylic acids is 1. The van der Waals surface area contributed by atoms with Crippen molar-refractivity contribution in [3.05, 3.63) is 11.1 Å². The Bertz CT molecular complexity index is 1630. The molecule has 56 heavy (non-hydrogen) atoms. The molecule has 6 aliphatic carbocycles. The van der Waals surface area contributed by atoms with Gasteiger partial charge in [-0.25, -0.2) is 0 Å². The van der Waals surface area contributed by atoms with Crippen LogP contribution in [-0.4, -0.2) is 88.6 Å². The maximum atomic E-state index is 14.3. The van der Waals surface area contributed by atoms with Crippen LogP contribution < -0.4 is 0 Å². The predicted molar refractivity (Wildman–Crippen MR) is 216 cm³/mol. The molecular weight excluding hydrogens is 705 g/mol. The number of amides is 1. The number of esters is 1. The predicted octanol–water partition coefficient (Wildman–Crippen LogP) is 8.08. The van der Waals surface area contributed by atoms with E-state index in [4.69, 9.17) is 4.74 Å². The molecule has 1 heterocycles. The standard InChI is InChI=1S/C47H74N2O7/c1-29(2)39-32(50)25-47(35(51)28-48(27-30-12-13-30)23-24-49-22-10-11-37(49)52)21-20-45(8)31(40(39)47)14-15-34-44(7)18-17-36(56-38(53)26-42(3,4)41(54)55)43(5,6)33(44)16-19-46(34,45)9/h29-31,33-36,51H,10-28H2,1-9H3,(H,54,55)/t31?,33?,34-,35+,36+,44+,45-,46-,47+/m1/s1. The number of aliphatic hydroxyl groups excluding tert-OH is 1. The van der Waals surface area contributed by atoms with Crippen molar-refractivity contribution < 1.29 is 34.1 Å². The molecule has 9 nitrogen and oxygen atoms in total. The molecule has 314 valence electrons. The molecule has 0 aromatic heterocycles. The van der Waals surface area contributed by atoms with Crippen molar-refractivity contribution in [1.29, 1.82) is 0 Å². The number of ether oxygens (including phenoxy) is 1. The molecule has 2 unspecified atom stereocenters. The van der Waals surface area contributed by atoms with Gasteiger partial charge in [0.1, 0.15) is 6.10 Å². The van der Waals surface area contributed by atoms with Crippen molar-refractivity contribution >= 4 is 23.6 Å². The first-order chi connectivity index (χ1) is 26.1. The van der Waals surface area contributed by atoms with Crippen LogP contribution >= 0.6 is 0 Å². The summed E-state index contributed by atoms with van der Waals surface area (Å²) in [4.78, 5) is 56.1. The number of nitrogens with zero attached hydrogens (tertiary/aromatic N) is 2. The Labute approximate surface area is 337 Å². The SMILES string of the molecule is CC(C)C1=C2C3CC[C@@H]4[C@@]5(C)CC[C@H](OC(=O)CC(C)(C)C(=O)O)C(C)(C)C5CC[C@@]4(C)[C@]3(C)CC[C@@]2([C@@H](O)CN(CCN2CCCC2=O)CC2CC2)CC1=O. The first-order valence-corrected chi connectivity index (χ1v) is 22.5. The number of hydrogen-bond donors (Lipinski definition) is 2. The summed E-state index contributed by atoms with van der Waals surface area (Å²) in [6, 6.07) is 0. The number of aliphatic carboxylic acids is 1. The second-order valence-electron chi connectivity index (χ2n) is 22.3. The molecule has 1 aliphatic heterocycles. The average molecular weight is 779 g/mol. The Hall–Kier alpha value is -2.26. The number of carbonyl (C=O) groups excluding carboxylic acids is 3. The molecule has 0 spiro atoms. The summed E-state index contributed by atoms with van der Waals surface area (Å²) in [7, 11) is 0. The molecule has 1 amide bonds. The third-order valence-electron chi connectivity index (χ3n) is 18.0. The lowest BCUT2D eigenvalue weighted by Gasteiger charge is -2.72. The molecule has 0 aromatic rings. The van der Waals surface area contributed by atoms with E-state index in [1.54, 1.807) is 13.8 Å². The summed E-state index contributed by atoms with van der Waals surface area (Å²) in [6.45, 7) is 23.6. The summed E-state index contributed by atoms with van der Waals surface area (Å²) < 4.78 is 6.19. The number of rotatable bonds is 13. The van der Waals surface area contributed by atoms with E-state index < -0.39 is 28.9 Å². The lowest BCUT2D eigenvalue weighted by Crippen LogP contribution is -2.66. The van der Waals surface area contributed by atoms with Crippen molar-refractivity contribution in [3.8, 4) is 0 Å². The van der Waals surface area contributed by atoms with Gasteiger partial charge in [-0.3, -0.25) is 24.1 Å². The van der Waals surface area contributed by atoms with Gasteiger partial charge in [0, 0.05) is 56.4 Å². The van der Waals surface area contributed by atoms with Gasteiger partial charge >= 0.3 is 11.9 Å². The zero-order valence-corrected chi connectivity index (χ0v) is 36.3. The first kappa shape index (κ1) is 41.9. The first-order valence-electron chi connectivity index (χ1n) is 22.5. The topological polar surface area (TPSA) is 124 Å². The van der Waals surface area contributed by atoms with E-state index in [1.165, 1.54) is 18.4 Å².